The first-order chi connectivity index (χ1) is 7.69. The SMILES string of the molecule is COc1ccccc1C(=O)NC(C)CCBr. The zero-order chi connectivity index (χ0) is 12.0. The molecule has 1 unspecified atom stereocenters. The van der Waals surface area contributed by atoms with Crippen LogP contribution in [-0.2, 0) is 0 Å². The van der Waals surface area contributed by atoms with Crippen molar-refractivity contribution in [3.05, 3.63) is 29.8 Å². The highest BCUT2D eigenvalue weighted by molar-refractivity contribution is 9.09. The smallest absolute Gasteiger partial charge is 0.255 e. The van der Waals surface area contributed by atoms with E-state index in [4.69, 9.17) is 4.74 Å². The molecule has 0 aromatic heterocycles. The van der Waals surface area contributed by atoms with Crippen molar-refractivity contribution in [1.29, 1.82) is 0 Å². The van der Waals surface area contributed by atoms with Crippen LogP contribution in [0, 0.1) is 0 Å². The molecule has 1 aromatic rings. The molecule has 0 aliphatic carbocycles. The number of benzene rings is 1. The van der Waals surface area contributed by atoms with E-state index in [1.807, 2.05) is 19.1 Å². The summed E-state index contributed by atoms with van der Waals surface area (Å²) in [7, 11) is 1.56. The first kappa shape index (κ1) is 13.0. The minimum Gasteiger partial charge on any atom is -0.496 e. The minimum absolute atomic E-state index is 0.0918. The third-order valence-corrected chi connectivity index (χ3v) is 2.73. The number of halogens is 1. The quantitative estimate of drug-likeness (QED) is 0.845. The van der Waals surface area contributed by atoms with Crippen molar-refractivity contribution in [2.24, 2.45) is 0 Å². The molecule has 0 heterocycles. The van der Waals surface area contributed by atoms with E-state index in [0.29, 0.717) is 11.3 Å². The van der Waals surface area contributed by atoms with Gasteiger partial charge in [0.15, 0.2) is 0 Å². The second-order valence-electron chi connectivity index (χ2n) is 3.55. The number of para-hydroxylation sites is 1. The van der Waals surface area contributed by atoms with Crippen LogP contribution in [0.25, 0.3) is 0 Å². The Morgan fingerprint density at radius 3 is 2.81 bits per heavy atom. The van der Waals surface area contributed by atoms with E-state index >= 15 is 0 Å². The molecule has 1 amide bonds. The summed E-state index contributed by atoms with van der Waals surface area (Å²) < 4.78 is 5.14. The minimum atomic E-state index is -0.0918. The number of amides is 1. The lowest BCUT2D eigenvalue weighted by Gasteiger charge is -2.13. The predicted octanol–water partition coefficient (Wildman–Crippen LogP) is 2.60. The average molecular weight is 286 g/mol. The normalized spacial score (nSPS) is 11.9. The molecular weight excluding hydrogens is 270 g/mol. The first-order valence-corrected chi connectivity index (χ1v) is 6.31. The molecule has 0 fully saturated rings. The van der Waals surface area contributed by atoms with Crippen LogP contribution >= 0.6 is 15.9 Å². The Hall–Kier alpha value is -1.03. The molecule has 4 heteroatoms. The molecule has 0 radical (unpaired) electrons. The molecular formula is C12H16BrNO2. The number of rotatable bonds is 5. The number of carbonyl (C=O) groups is 1. The van der Waals surface area contributed by atoms with Gasteiger partial charge in [-0.1, -0.05) is 28.1 Å². The summed E-state index contributed by atoms with van der Waals surface area (Å²) in [5, 5.41) is 3.80. The molecule has 1 N–H and O–H groups in total. The molecule has 1 aromatic carbocycles. The Bertz CT molecular complexity index is 355. The fourth-order valence-corrected chi connectivity index (χ4v) is 2.06. The van der Waals surface area contributed by atoms with Crippen molar-refractivity contribution in [3.63, 3.8) is 0 Å². The van der Waals surface area contributed by atoms with Gasteiger partial charge < -0.3 is 10.1 Å². The molecule has 88 valence electrons. The van der Waals surface area contributed by atoms with Crippen LogP contribution in [0.3, 0.4) is 0 Å². The lowest BCUT2D eigenvalue weighted by molar-refractivity contribution is 0.0936. The van der Waals surface area contributed by atoms with Crippen LogP contribution in [0.4, 0.5) is 0 Å². The molecule has 0 saturated carbocycles. The van der Waals surface area contributed by atoms with Crippen molar-refractivity contribution in [2.45, 2.75) is 19.4 Å². The van der Waals surface area contributed by atoms with Gasteiger partial charge in [0.25, 0.3) is 5.91 Å². The number of hydrogen-bond acceptors (Lipinski definition) is 2. The van der Waals surface area contributed by atoms with Crippen LogP contribution in [0.15, 0.2) is 24.3 Å². The summed E-state index contributed by atoms with van der Waals surface area (Å²) in [6, 6.07) is 7.36. The average Bonchev–Trinajstić information content (AvgIpc) is 2.29. The van der Waals surface area contributed by atoms with Gasteiger partial charge in [0, 0.05) is 11.4 Å². The Labute approximate surface area is 104 Å². The number of methoxy groups -OCH3 is 1. The third-order valence-electron chi connectivity index (χ3n) is 2.27. The van der Waals surface area contributed by atoms with Crippen LogP contribution in [0.1, 0.15) is 23.7 Å². The zero-order valence-corrected chi connectivity index (χ0v) is 11.1. The van der Waals surface area contributed by atoms with Crippen LogP contribution < -0.4 is 10.1 Å². The maximum atomic E-state index is 11.9. The van der Waals surface area contributed by atoms with Crippen LogP contribution in [0.5, 0.6) is 5.75 Å². The fourth-order valence-electron chi connectivity index (χ4n) is 1.37. The van der Waals surface area contributed by atoms with Gasteiger partial charge in [0.05, 0.1) is 12.7 Å². The maximum Gasteiger partial charge on any atom is 0.255 e. The van der Waals surface area contributed by atoms with E-state index in [-0.39, 0.29) is 11.9 Å². The van der Waals surface area contributed by atoms with E-state index in [9.17, 15) is 4.79 Å². The summed E-state index contributed by atoms with van der Waals surface area (Å²) in [6.45, 7) is 1.98. The summed E-state index contributed by atoms with van der Waals surface area (Å²) in [4.78, 5) is 11.9. The molecule has 0 spiro atoms. The Morgan fingerprint density at radius 1 is 1.50 bits per heavy atom. The number of nitrogens with one attached hydrogen (secondary N) is 1. The zero-order valence-electron chi connectivity index (χ0n) is 9.50. The van der Waals surface area contributed by atoms with Gasteiger partial charge in [-0.15, -0.1) is 0 Å². The highest BCUT2D eigenvalue weighted by atomic mass is 79.9. The van der Waals surface area contributed by atoms with Crippen LogP contribution in [-0.4, -0.2) is 24.4 Å². The van der Waals surface area contributed by atoms with Gasteiger partial charge in [0.2, 0.25) is 0 Å². The molecule has 1 rings (SSSR count). The number of hydrogen-bond donors (Lipinski definition) is 1. The van der Waals surface area contributed by atoms with Gasteiger partial charge in [-0.05, 0) is 25.5 Å². The molecule has 0 aliphatic rings. The van der Waals surface area contributed by atoms with Gasteiger partial charge in [-0.2, -0.15) is 0 Å². The van der Waals surface area contributed by atoms with Crippen molar-refractivity contribution >= 4 is 21.8 Å². The van der Waals surface area contributed by atoms with Crippen LogP contribution in [0.2, 0.25) is 0 Å². The van der Waals surface area contributed by atoms with Crippen molar-refractivity contribution < 1.29 is 9.53 Å². The molecule has 0 bridgehead atoms. The highest BCUT2D eigenvalue weighted by Gasteiger charge is 2.13. The van der Waals surface area contributed by atoms with Gasteiger partial charge in [0.1, 0.15) is 5.75 Å². The molecule has 0 saturated heterocycles. The molecule has 1 atom stereocenters. The highest BCUT2D eigenvalue weighted by Crippen LogP contribution is 2.17. The van der Waals surface area contributed by atoms with Crippen molar-refractivity contribution in [3.8, 4) is 5.75 Å². The van der Waals surface area contributed by atoms with Gasteiger partial charge in [-0.3, -0.25) is 4.79 Å². The summed E-state index contributed by atoms with van der Waals surface area (Å²) >= 11 is 3.35. The molecule has 0 aliphatic heterocycles. The standard InChI is InChI=1S/C12H16BrNO2/c1-9(7-8-13)14-12(15)10-5-3-4-6-11(10)16-2/h3-6,9H,7-8H2,1-2H3,(H,14,15). The summed E-state index contributed by atoms with van der Waals surface area (Å²) in [5.74, 6) is 0.511. The Kier molecular flexibility index (Phi) is 5.32. The topological polar surface area (TPSA) is 38.3 Å². The largest absolute Gasteiger partial charge is 0.496 e. The monoisotopic (exact) mass is 285 g/mol. The van der Waals surface area contributed by atoms with E-state index in [1.165, 1.54) is 0 Å². The fraction of sp³-hybridized carbons (Fsp3) is 0.417. The van der Waals surface area contributed by atoms with Gasteiger partial charge >= 0.3 is 0 Å². The first-order valence-electron chi connectivity index (χ1n) is 5.19. The van der Waals surface area contributed by atoms with E-state index in [2.05, 4.69) is 21.2 Å². The van der Waals surface area contributed by atoms with E-state index in [1.54, 1.807) is 19.2 Å². The van der Waals surface area contributed by atoms with E-state index in [0.717, 1.165) is 11.8 Å². The second-order valence-corrected chi connectivity index (χ2v) is 4.35. The lowest BCUT2D eigenvalue weighted by Crippen LogP contribution is -2.32. The van der Waals surface area contributed by atoms with Crippen molar-refractivity contribution in [2.75, 3.05) is 12.4 Å². The van der Waals surface area contributed by atoms with Gasteiger partial charge in [-0.25, -0.2) is 0 Å². The Morgan fingerprint density at radius 2 is 2.19 bits per heavy atom. The second kappa shape index (κ2) is 6.53. The molecule has 16 heavy (non-hydrogen) atoms. The predicted molar refractivity (Wildman–Crippen MR) is 68.3 cm³/mol. The number of alkyl halides is 1. The summed E-state index contributed by atoms with van der Waals surface area (Å²) in [6.07, 6.45) is 0.904. The Balaban J connectivity index is 2.72. The number of carbonyl (C=O) groups excluding carboxylic acids is 1. The summed E-state index contributed by atoms with van der Waals surface area (Å²) in [5.41, 5.74) is 0.575. The van der Waals surface area contributed by atoms with E-state index < -0.39 is 0 Å². The number of ether oxygens (including phenoxy) is 1. The molecule has 3 nitrogen and oxygen atoms in total. The maximum absolute atomic E-state index is 11.9. The lowest BCUT2D eigenvalue weighted by atomic mass is 10.1. The van der Waals surface area contributed by atoms with Crippen molar-refractivity contribution in [1.82, 2.24) is 5.32 Å². The third kappa shape index (κ3) is 3.52.